The molecule has 1 aromatic rings. The van der Waals surface area contributed by atoms with Crippen LogP contribution in [0.15, 0.2) is 24.3 Å². The Labute approximate surface area is 78.0 Å². The first-order chi connectivity index (χ1) is 6.42. The topological polar surface area (TPSA) is 29.1 Å². The molecule has 0 bridgehead atoms. The van der Waals surface area contributed by atoms with Crippen LogP contribution in [0.5, 0.6) is 0 Å². The maximum Gasteiger partial charge on any atom is 0.207 e. The van der Waals surface area contributed by atoms with Crippen LogP contribution in [0.3, 0.4) is 0 Å². The number of carbonyl (C=O) groups excluding carboxylic acids is 1. The summed E-state index contributed by atoms with van der Waals surface area (Å²) < 4.78 is 0. The van der Waals surface area contributed by atoms with Gasteiger partial charge in [-0.2, -0.15) is 0 Å². The van der Waals surface area contributed by atoms with Gasteiger partial charge in [-0.1, -0.05) is 24.3 Å². The Kier molecular flexibility index (Phi) is 2.30. The van der Waals surface area contributed by atoms with Crippen LogP contribution in [0.2, 0.25) is 0 Å². The normalized spacial score (nSPS) is 19.5. The fourth-order valence-corrected chi connectivity index (χ4v) is 2.05. The van der Waals surface area contributed by atoms with E-state index in [4.69, 9.17) is 0 Å². The van der Waals surface area contributed by atoms with E-state index in [2.05, 4.69) is 29.6 Å². The van der Waals surface area contributed by atoms with Crippen molar-refractivity contribution in [3.63, 3.8) is 0 Å². The average Bonchev–Trinajstić information content (AvgIpc) is 2.58. The summed E-state index contributed by atoms with van der Waals surface area (Å²) >= 11 is 0. The molecule has 1 aromatic carbocycles. The number of nitrogens with one attached hydrogen (secondary N) is 1. The van der Waals surface area contributed by atoms with E-state index in [1.807, 2.05) is 0 Å². The van der Waals surface area contributed by atoms with Crippen molar-refractivity contribution in [2.75, 3.05) is 6.54 Å². The van der Waals surface area contributed by atoms with E-state index in [9.17, 15) is 4.79 Å². The maximum atomic E-state index is 10.2. The average molecular weight is 175 g/mol. The number of fused-ring (bicyclic) bond motifs is 1. The zero-order chi connectivity index (χ0) is 9.10. The highest BCUT2D eigenvalue weighted by Crippen LogP contribution is 2.31. The van der Waals surface area contributed by atoms with Gasteiger partial charge in [0.25, 0.3) is 0 Å². The second-order valence-electron chi connectivity index (χ2n) is 3.46. The van der Waals surface area contributed by atoms with E-state index < -0.39 is 0 Å². The van der Waals surface area contributed by atoms with Crippen LogP contribution in [0.25, 0.3) is 0 Å². The van der Waals surface area contributed by atoms with Gasteiger partial charge in [-0.15, -0.1) is 0 Å². The minimum atomic E-state index is 0.529. The molecule has 13 heavy (non-hydrogen) atoms. The molecule has 0 aliphatic heterocycles. The van der Waals surface area contributed by atoms with Gasteiger partial charge in [-0.05, 0) is 24.0 Å². The monoisotopic (exact) mass is 175 g/mol. The molecule has 1 aliphatic rings. The predicted molar refractivity (Wildman–Crippen MR) is 51.6 cm³/mol. The third-order valence-electron chi connectivity index (χ3n) is 2.70. The lowest BCUT2D eigenvalue weighted by molar-refractivity contribution is -0.109. The van der Waals surface area contributed by atoms with E-state index in [-0.39, 0.29) is 0 Å². The summed E-state index contributed by atoms with van der Waals surface area (Å²) in [6.07, 6.45) is 3.10. The van der Waals surface area contributed by atoms with Gasteiger partial charge < -0.3 is 5.32 Å². The van der Waals surface area contributed by atoms with Crippen molar-refractivity contribution in [3.8, 4) is 0 Å². The van der Waals surface area contributed by atoms with E-state index in [1.54, 1.807) is 0 Å². The van der Waals surface area contributed by atoms with Crippen molar-refractivity contribution >= 4 is 6.41 Å². The van der Waals surface area contributed by atoms with Gasteiger partial charge in [0.2, 0.25) is 6.41 Å². The first kappa shape index (κ1) is 8.30. The van der Waals surface area contributed by atoms with Crippen molar-refractivity contribution < 1.29 is 4.79 Å². The van der Waals surface area contributed by atoms with E-state index in [0.717, 1.165) is 19.4 Å². The van der Waals surface area contributed by atoms with Crippen LogP contribution in [-0.4, -0.2) is 13.0 Å². The van der Waals surface area contributed by atoms with Gasteiger partial charge in [0.15, 0.2) is 0 Å². The molecule has 1 atom stereocenters. The van der Waals surface area contributed by atoms with Gasteiger partial charge in [0.1, 0.15) is 0 Å². The molecule has 0 unspecified atom stereocenters. The lowest BCUT2D eigenvalue weighted by atomic mass is 10.0. The van der Waals surface area contributed by atoms with Gasteiger partial charge in [0, 0.05) is 12.5 Å². The molecular formula is C11H13NO. The summed E-state index contributed by atoms with van der Waals surface area (Å²) in [5.74, 6) is 0.529. The van der Waals surface area contributed by atoms with E-state index in [1.165, 1.54) is 17.5 Å². The summed E-state index contributed by atoms with van der Waals surface area (Å²) in [6, 6.07) is 8.49. The summed E-state index contributed by atoms with van der Waals surface area (Å²) in [5, 5.41) is 2.75. The molecule has 1 amide bonds. The Hall–Kier alpha value is -1.31. The molecule has 0 radical (unpaired) electrons. The van der Waals surface area contributed by atoms with Crippen molar-refractivity contribution in [1.82, 2.24) is 5.32 Å². The molecular weight excluding hydrogens is 162 g/mol. The molecule has 0 spiro atoms. The molecule has 0 heterocycles. The first-order valence-corrected chi connectivity index (χ1v) is 4.66. The molecule has 0 aromatic heterocycles. The van der Waals surface area contributed by atoms with Crippen LogP contribution in [0.4, 0.5) is 0 Å². The first-order valence-electron chi connectivity index (χ1n) is 4.66. The van der Waals surface area contributed by atoms with E-state index >= 15 is 0 Å². The smallest absolute Gasteiger partial charge is 0.207 e. The van der Waals surface area contributed by atoms with Crippen molar-refractivity contribution in [2.24, 2.45) is 0 Å². The highest BCUT2D eigenvalue weighted by molar-refractivity contribution is 5.46. The molecule has 1 N–H and O–H groups in total. The summed E-state index contributed by atoms with van der Waals surface area (Å²) in [6.45, 7) is 0.778. The second-order valence-corrected chi connectivity index (χ2v) is 3.46. The Morgan fingerprint density at radius 3 is 3.15 bits per heavy atom. The Bertz CT molecular complexity index is 309. The molecule has 68 valence electrons. The molecule has 2 rings (SSSR count). The fourth-order valence-electron chi connectivity index (χ4n) is 2.05. The Morgan fingerprint density at radius 1 is 1.46 bits per heavy atom. The van der Waals surface area contributed by atoms with Crippen LogP contribution < -0.4 is 5.32 Å². The fraction of sp³-hybridized carbons (Fsp3) is 0.364. The molecule has 0 fully saturated rings. The van der Waals surface area contributed by atoms with Crippen molar-refractivity contribution in [3.05, 3.63) is 35.4 Å². The van der Waals surface area contributed by atoms with Crippen LogP contribution >= 0.6 is 0 Å². The largest absolute Gasteiger partial charge is 0.358 e. The molecule has 0 saturated heterocycles. The van der Waals surface area contributed by atoms with E-state index in [0.29, 0.717) is 5.92 Å². The Morgan fingerprint density at radius 2 is 2.31 bits per heavy atom. The van der Waals surface area contributed by atoms with Crippen LogP contribution in [-0.2, 0) is 11.2 Å². The maximum absolute atomic E-state index is 10.2. The van der Waals surface area contributed by atoms with Gasteiger partial charge in [-0.3, -0.25) is 4.79 Å². The lowest BCUT2D eigenvalue weighted by Gasteiger charge is -2.09. The standard InChI is InChI=1S/C11H13NO/c13-8-12-7-10-6-5-9-3-1-2-4-11(9)10/h1-4,8,10H,5-7H2,(H,12,13)/t10-/m1/s1. The van der Waals surface area contributed by atoms with Gasteiger partial charge >= 0.3 is 0 Å². The highest BCUT2D eigenvalue weighted by Gasteiger charge is 2.20. The van der Waals surface area contributed by atoms with Gasteiger partial charge in [-0.25, -0.2) is 0 Å². The zero-order valence-electron chi connectivity index (χ0n) is 7.49. The molecule has 0 saturated carbocycles. The molecule has 2 nitrogen and oxygen atoms in total. The van der Waals surface area contributed by atoms with Crippen LogP contribution in [0, 0.1) is 0 Å². The van der Waals surface area contributed by atoms with Gasteiger partial charge in [0.05, 0.1) is 0 Å². The van der Waals surface area contributed by atoms with Crippen molar-refractivity contribution in [1.29, 1.82) is 0 Å². The summed E-state index contributed by atoms with van der Waals surface area (Å²) in [5.41, 5.74) is 2.86. The third-order valence-corrected chi connectivity index (χ3v) is 2.70. The van der Waals surface area contributed by atoms with Crippen LogP contribution in [0.1, 0.15) is 23.5 Å². The number of aryl methyl sites for hydroxylation is 1. The summed E-state index contributed by atoms with van der Waals surface area (Å²) in [7, 11) is 0. The number of amides is 1. The SMILES string of the molecule is O=CNC[C@H]1CCc2ccccc21. The minimum Gasteiger partial charge on any atom is -0.358 e. The minimum absolute atomic E-state index is 0.529. The Balaban J connectivity index is 2.13. The third kappa shape index (κ3) is 1.57. The molecule has 1 aliphatic carbocycles. The zero-order valence-corrected chi connectivity index (χ0v) is 7.49. The molecule has 2 heteroatoms. The second kappa shape index (κ2) is 3.60. The predicted octanol–water partition coefficient (Wildman–Crippen LogP) is 1.46. The lowest BCUT2D eigenvalue weighted by Crippen LogP contribution is -2.18. The number of hydrogen-bond donors (Lipinski definition) is 1. The quantitative estimate of drug-likeness (QED) is 0.692. The summed E-state index contributed by atoms with van der Waals surface area (Å²) in [4.78, 5) is 10.2. The van der Waals surface area contributed by atoms with Crippen molar-refractivity contribution in [2.45, 2.75) is 18.8 Å². The highest BCUT2D eigenvalue weighted by atomic mass is 16.1. The number of carbonyl (C=O) groups is 1. The number of hydrogen-bond acceptors (Lipinski definition) is 1. The number of rotatable bonds is 3. The number of benzene rings is 1.